The van der Waals surface area contributed by atoms with E-state index in [9.17, 15) is 9.18 Å². The van der Waals surface area contributed by atoms with E-state index in [1.807, 2.05) is 0 Å². The highest BCUT2D eigenvalue weighted by Gasteiger charge is 2.14. The summed E-state index contributed by atoms with van der Waals surface area (Å²) in [7, 11) is 1.40. The molecule has 4 heteroatoms. The van der Waals surface area contributed by atoms with Crippen LogP contribution in [0.5, 0.6) is 5.75 Å². The zero-order valence-electron chi connectivity index (χ0n) is 7.88. The normalized spacial score (nSPS) is 12.3. The molecule has 0 saturated heterocycles. The monoisotopic (exact) mass is 260 g/mol. The van der Waals surface area contributed by atoms with Crippen LogP contribution in [0.4, 0.5) is 4.39 Å². The Bertz CT molecular complexity index is 352. The molecule has 1 unspecified atom stereocenters. The van der Waals surface area contributed by atoms with Crippen LogP contribution >= 0.6 is 15.9 Å². The summed E-state index contributed by atoms with van der Waals surface area (Å²) < 4.78 is 18.0. The topological polar surface area (TPSA) is 26.3 Å². The lowest BCUT2D eigenvalue weighted by Crippen LogP contribution is -2.01. The van der Waals surface area contributed by atoms with Gasteiger partial charge in [0, 0.05) is 0 Å². The van der Waals surface area contributed by atoms with E-state index in [-0.39, 0.29) is 11.5 Å². The molecule has 0 aromatic heterocycles. The van der Waals surface area contributed by atoms with Gasteiger partial charge in [0.1, 0.15) is 5.78 Å². The van der Waals surface area contributed by atoms with Crippen molar-refractivity contribution in [3.63, 3.8) is 0 Å². The second-order valence-electron chi connectivity index (χ2n) is 2.87. The molecule has 0 aliphatic carbocycles. The first kappa shape index (κ1) is 11.2. The summed E-state index contributed by atoms with van der Waals surface area (Å²) in [5.41, 5.74) is 0.593. The van der Waals surface area contributed by atoms with E-state index >= 15 is 0 Å². The molecule has 0 aliphatic heterocycles. The Hall–Kier alpha value is -0.900. The van der Waals surface area contributed by atoms with Crippen LogP contribution in [-0.4, -0.2) is 12.9 Å². The number of halogens is 2. The SMILES string of the molecule is COc1ccc(C(Br)C(C)=O)cc1F. The predicted octanol–water partition coefficient (Wildman–Crippen LogP) is 2.86. The first-order valence-corrected chi connectivity index (χ1v) is 4.95. The Morgan fingerprint density at radius 1 is 1.57 bits per heavy atom. The van der Waals surface area contributed by atoms with Crippen molar-refractivity contribution in [2.75, 3.05) is 7.11 Å². The molecule has 1 rings (SSSR count). The molecule has 0 fully saturated rings. The molecule has 1 atom stereocenters. The van der Waals surface area contributed by atoms with Gasteiger partial charge in [0.25, 0.3) is 0 Å². The van der Waals surface area contributed by atoms with Crippen molar-refractivity contribution >= 4 is 21.7 Å². The van der Waals surface area contributed by atoms with E-state index in [1.165, 1.54) is 26.2 Å². The molecule has 1 aromatic rings. The Kier molecular flexibility index (Phi) is 3.63. The number of benzene rings is 1. The third kappa shape index (κ3) is 2.32. The van der Waals surface area contributed by atoms with Crippen molar-refractivity contribution in [1.29, 1.82) is 0 Å². The van der Waals surface area contributed by atoms with Crippen LogP contribution in [0.25, 0.3) is 0 Å². The quantitative estimate of drug-likeness (QED) is 0.782. The lowest BCUT2D eigenvalue weighted by molar-refractivity contribution is -0.116. The number of Topliss-reactive ketones (excluding diaryl/α,β-unsaturated/α-hetero) is 1. The Morgan fingerprint density at radius 3 is 2.64 bits per heavy atom. The van der Waals surface area contributed by atoms with E-state index in [2.05, 4.69) is 15.9 Å². The maximum atomic E-state index is 13.2. The standard InChI is InChI=1S/C10H10BrFO2/c1-6(13)10(11)7-3-4-9(14-2)8(12)5-7/h3-5,10H,1-2H3. The van der Waals surface area contributed by atoms with Gasteiger partial charge in [0.05, 0.1) is 11.9 Å². The van der Waals surface area contributed by atoms with Crippen LogP contribution in [0.3, 0.4) is 0 Å². The zero-order chi connectivity index (χ0) is 10.7. The van der Waals surface area contributed by atoms with Crippen molar-refractivity contribution in [2.45, 2.75) is 11.8 Å². The zero-order valence-corrected chi connectivity index (χ0v) is 9.47. The lowest BCUT2D eigenvalue weighted by atomic mass is 10.1. The highest BCUT2D eigenvalue weighted by molar-refractivity contribution is 9.09. The van der Waals surface area contributed by atoms with Gasteiger partial charge in [-0.05, 0) is 24.6 Å². The molecule has 0 aliphatic rings. The van der Waals surface area contributed by atoms with Crippen molar-refractivity contribution in [3.05, 3.63) is 29.6 Å². The molecular formula is C10H10BrFO2. The molecule has 0 bridgehead atoms. The second-order valence-corrected chi connectivity index (χ2v) is 3.78. The number of alkyl halides is 1. The number of rotatable bonds is 3. The van der Waals surface area contributed by atoms with Crippen molar-refractivity contribution in [3.8, 4) is 5.75 Å². The molecule has 76 valence electrons. The van der Waals surface area contributed by atoms with Crippen molar-refractivity contribution in [1.82, 2.24) is 0 Å². The molecular weight excluding hydrogens is 251 g/mol. The van der Waals surface area contributed by atoms with E-state index in [0.29, 0.717) is 5.56 Å². The largest absolute Gasteiger partial charge is 0.494 e. The summed E-state index contributed by atoms with van der Waals surface area (Å²) in [4.78, 5) is 10.6. The smallest absolute Gasteiger partial charge is 0.165 e. The molecule has 0 N–H and O–H groups in total. The molecule has 0 saturated carbocycles. The Labute approximate surface area is 90.2 Å². The van der Waals surface area contributed by atoms with Gasteiger partial charge in [-0.15, -0.1) is 0 Å². The first-order chi connectivity index (χ1) is 6.56. The number of ether oxygens (including phenoxy) is 1. The van der Waals surface area contributed by atoms with Crippen LogP contribution in [0.15, 0.2) is 18.2 Å². The van der Waals surface area contributed by atoms with Crippen LogP contribution in [0.1, 0.15) is 17.3 Å². The third-order valence-corrected chi connectivity index (χ3v) is 3.00. The summed E-state index contributed by atoms with van der Waals surface area (Å²) >= 11 is 3.17. The van der Waals surface area contributed by atoms with Crippen LogP contribution in [0, 0.1) is 5.82 Å². The van der Waals surface area contributed by atoms with Gasteiger partial charge in [0.15, 0.2) is 11.6 Å². The Balaban J connectivity index is 3.02. The fourth-order valence-corrected chi connectivity index (χ4v) is 1.36. The number of ketones is 1. The summed E-state index contributed by atoms with van der Waals surface area (Å²) in [6, 6.07) is 4.45. The van der Waals surface area contributed by atoms with Crippen LogP contribution < -0.4 is 4.74 Å². The average molecular weight is 261 g/mol. The predicted molar refractivity (Wildman–Crippen MR) is 55.3 cm³/mol. The van der Waals surface area contributed by atoms with Gasteiger partial charge >= 0.3 is 0 Å². The molecule has 0 radical (unpaired) electrons. The summed E-state index contributed by atoms with van der Waals surface area (Å²) in [5, 5.41) is 0. The maximum absolute atomic E-state index is 13.2. The van der Waals surface area contributed by atoms with Crippen molar-refractivity contribution in [2.24, 2.45) is 0 Å². The number of hydrogen-bond donors (Lipinski definition) is 0. The average Bonchev–Trinajstić information content (AvgIpc) is 2.16. The van der Waals surface area contributed by atoms with E-state index in [4.69, 9.17) is 4.74 Å². The summed E-state index contributed by atoms with van der Waals surface area (Å²) in [5.74, 6) is -0.345. The van der Waals surface area contributed by atoms with E-state index < -0.39 is 10.6 Å². The fourth-order valence-electron chi connectivity index (χ4n) is 1.07. The molecule has 2 nitrogen and oxygen atoms in total. The molecule has 14 heavy (non-hydrogen) atoms. The highest BCUT2D eigenvalue weighted by atomic mass is 79.9. The molecule has 1 aromatic carbocycles. The van der Waals surface area contributed by atoms with Gasteiger partial charge in [-0.2, -0.15) is 0 Å². The number of hydrogen-bond acceptors (Lipinski definition) is 2. The minimum absolute atomic E-state index is 0.0606. The minimum atomic E-state index is -0.462. The van der Waals surface area contributed by atoms with Crippen molar-refractivity contribution < 1.29 is 13.9 Å². The summed E-state index contributed by atoms with van der Waals surface area (Å²) in [6.07, 6.45) is 0. The minimum Gasteiger partial charge on any atom is -0.494 e. The molecule has 0 spiro atoms. The van der Waals surface area contributed by atoms with Gasteiger partial charge < -0.3 is 4.74 Å². The van der Waals surface area contributed by atoms with Gasteiger partial charge in [-0.3, -0.25) is 4.79 Å². The van der Waals surface area contributed by atoms with Crippen LogP contribution in [-0.2, 0) is 4.79 Å². The summed E-state index contributed by atoms with van der Waals surface area (Å²) in [6.45, 7) is 1.45. The second kappa shape index (κ2) is 4.55. The maximum Gasteiger partial charge on any atom is 0.165 e. The van der Waals surface area contributed by atoms with Crippen LogP contribution in [0.2, 0.25) is 0 Å². The van der Waals surface area contributed by atoms with E-state index in [0.717, 1.165) is 0 Å². The highest BCUT2D eigenvalue weighted by Crippen LogP contribution is 2.27. The van der Waals surface area contributed by atoms with Gasteiger partial charge in [0.2, 0.25) is 0 Å². The van der Waals surface area contributed by atoms with Gasteiger partial charge in [-0.25, -0.2) is 4.39 Å². The number of carbonyl (C=O) groups excluding carboxylic acids is 1. The number of carbonyl (C=O) groups is 1. The fraction of sp³-hybridized carbons (Fsp3) is 0.300. The van der Waals surface area contributed by atoms with Gasteiger partial charge in [-0.1, -0.05) is 22.0 Å². The lowest BCUT2D eigenvalue weighted by Gasteiger charge is -2.08. The molecule has 0 amide bonds. The van der Waals surface area contributed by atoms with E-state index in [1.54, 1.807) is 6.07 Å². The Morgan fingerprint density at radius 2 is 2.21 bits per heavy atom. The molecule has 0 heterocycles. The third-order valence-electron chi connectivity index (χ3n) is 1.83. The first-order valence-electron chi connectivity index (χ1n) is 4.04. The number of methoxy groups -OCH3 is 1.